The van der Waals surface area contributed by atoms with Gasteiger partial charge < -0.3 is 9.63 Å². The highest BCUT2D eigenvalue weighted by molar-refractivity contribution is 5.70. The molecule has 1 atom stereocenters. The van der Waals surface area contributed by atoms with E-state index in [1.165, 1.54) is 6.20 Å². The highest BCUT2D eigenvalue weighted by Gasteiger charge is 2.28. The van der Waals surface area contributed by atoms with Crippen LogP contribution >= 0.6 is 0 Å². The van der Waals surface area contributed by atoms with Crippen LogP contribution in [0.3, 0.4) is 0 Å². The summed E-state index contributed by atoms with van der Waals surface area (Å²) in [6, 6.07) is 0.196. The normalized spacial score (nSPS) is 22.1. The van der Waals surface area contributed by atoms with Crippen LogP contribution < -0.4 is 0 Å². The Morgan fingerprint density at radius 3 is 3.20 bits per heavy atom. The maximum absolute atomic E-state index is 10.6. The average Bonchev–Trinajstić information content (AvgIpc) is 2.73. The van der Waals surface area contributed by atoms with Crippen LogP contribution in [-0.4, -0.2) is 34.7 Å². The zero-order valence-electron chi connectivity index (χ0n) is 8.64. The van der Waals surface area contributed by atoms with Crippen LogP contribution in [-0.2, 0) is 11.2 Å². The molecule has 1 fully saturated rings. The molecule has 0 amide bonds. The van der Waals surface area contributed by atoms with Crippen LogP contribution in [0.2, 0.25) is 0 Å². The van der Waals surface area contributed by atoms with Crippen molar-refractivity contribution in [1.82, 2.24) is 10.1 Å². The van der Waals surface area contributed by atoms with Crippen LogP contribution in [0.25, 0.3) is 0 Å². The summed E-state index contributed by atoms with van der Waals surface area (Å²) in [7, 11) is 2.02. The monoisotopic (exact) mass is 210 g/mol. The van der Waals surface area contributed by atoms with Gasteiger partial charge in [-0.25, -0.2) is 0 Å². The molecule has 1 aliphatic heterocycles. The van der Waals surface area contributed by atoms with Crippen molar-refractivity contribution in [2.75, 3.05) is 13.6 Å². The van der Waals surface area contributed by atoms with Crippen molar-refractivity contribution in [3.8, 4) is 0 Å². The lowest BCUT2D eigenvalue weighted by molar-refractivity contribution is -0.136. The van der Waals surface area contributed by atoms with Gasteiger partial charge in [0.15, 0.2) is 5.76 Å². The summed E-state index contributed by atoms with van der Waals surface area (Å²) in [5.74, 6) is -0.127. The molecule has 5 heteroatoms. The zero-order chi connectivity index (χ0) is 10.8. The van der Waals surface area contributed by atoms with E-state index in [-0.39, 0.29) is 12.5 Å². The van der Waals surface area contributed by atoms with Crippen LogP contribution in [0.5, 0.6) is 0 Å². The van der Waals surface area contributed by atoms with Gasteiger partial charge in [0.2, 0.25) is 0 Å². The largest absolute Gasteiger partial charge is 0.481 e. The van der Waals surface area contributed by atoms with E-state index in [2.05, 4.69) is 10.1 Å². The van der Waals surface area contributed by atoms with Gasteiger partial charge in [0, 0.05) is 5.56 Å². The van der Waals surface area contributed by atoms with Gasteiger partial charge in [-0.05, 0) is 26.4 Å². The van der Waals surface area contributed by atoms with Crippen molar-refractivity contribution in [1.29, 1.82) is 0 Å². The fourth-order valence-corrected chi connectivity index (χ4v) is 2.08. The zero-order valence-corrected chi connectivity index (χ0v) is 8.64. The third kappa shape index (κ3) is 2.02. The molecule has 0 saturated carbocycles. The first-order valence-electron chi connectivity index (χ1n) is 5.04. The van der Waals surface area contributed by atoms with E-state index in [0.717, 1.165) is 25.1 Å². The summed E-state index contributed by atoms with van der Waals surface area (Å²) in [6.45, 7) is 1.03. The summed E-state index contributed by atoms with van der Waals surface area (Å²) < 4.78 is 5.16. The number of hydrogen-bond donors (Lipinski definition) is 1. The topological polar surface area (TPSA) is 66.6 Å². The molecule has 1 N–H and O–H groups in total. The second-order valence-corrected chi connectivity index (χ2v) is 3.92. The maximum atomic E-state index is 10.6. The minimum Gasteiger partial charge on any atom is -0.481 e. The molecule has 1 aromatic heterocycles. The molecule has 1 aromatic rings. The Labute approximate surface area is 87.7 Å². The number of nitrogens with zero attached hydrogens (tertiary/aromatic N) is 2. The molecule has 1 unspecified atom stereocenters. The number of carboxylic acid groups (broad SMARTS) is 1. The van der Waals surface area contributed by atoms with E-state index in [1.54, 1.807) is 0 Å². The Kier molecular flexibility index (Phi) is 2.73. The lowest BCUT2D eigenvalue weighted by atomic mass is 10.1. The maximum Gasteiger partial charge on any atom is 0.308 e. The number of aliphatic carboxylic acids is 1. The Morgan fingerprint density at radius 2 is 2.60 bits per heavy atom. The SMILES string of the molecule is CN1CCCC1c1oncc1CC(=O)O. The molecule has 5 nitrogen and oxygen atoms in total. The third-order valence-corrected chi connectivity index (χ3v) is 2.84. The number of rotatable bonds is 3. The molecule has 15 heavy (non-hydrogen) atoms. The third-order valence-electron chi connectivity index (χ3n) is 2.84. The van der Waals surface area contributed by atoms with Crippen LogP contribution in [0.4, 0.5) is 0 Å². The van der Waals surface area contributed by atoms with Crippen molar-refractivity contribution >= 4 is 5.97 Å². The van der Waals surface area contributed by atoms with E-state index < -0.39 is 5.97 Å². The molecule has 0 bridgehead atoms. The van der Waals surface area contributed by atoms with Crippen molar-refractivity contribution in [2.45, 2.75) is 25.3 Å². The molecule has 0 spiro atoms. The lowest BCUT2D eigenvalue weighted by Gasteiger charge is -2.17. The molecule has 0 aromatic carbocycles. The highest BCUT2D eigenvalue weighted by Crippen LogP contribution is 2.32. The summed E-state index contributed by atoms with van der Waals surface area (Å²) in [5.41, 5.74) is 0.696. The molecule has 0 aliphatic carbocycles. The Balaban J connectivity index is 2.20. The van der Waals surface area contributed by atoms with Crippen LogP contribution in [0.1, 0.15) is 30.2 Å². The van der Waals surface area contributed by atoms with E-state index in [4.69, 9.17) is 9.63 Å². The summed E-state index contributed by atoms with van der Waals surface area (Å²) >= 11 is 0. The molecular formula is C10H14N2O3. The van der Waals surface area contributed by atoms with Gasteiger partial charge in [-0.2, -0.15) is 0 Å². The number of hydrogen-bond acceptors (Lipinski definition) is 4. The number of carboxylic acids is 1. The molecule has 0 radical (unpaired) electrons. The van der Waals surface area contributed by atoms with Gasteiger partial charge in [0.1, 0.15) is 0 Å². The lowest BCUT2D eigenvalue weighted by Crippen LogP contribution is -2.18. The summed E-state index contributed by atoms with van der Waals surface area (Å²) in [6.07, 6.45) is 3.63. The van der Waals surface area contributed by atoms with Gasteiger partial charge in [-0.3, -0.25) is 9.69 Å². The molecule has 2 heterocycles. The average molecular weight is 210 g/mol. The number of carbonyl (C=O) groups is 1. The summed E-state index contributed by atoms with van der Waals surface area (Å²) in [4.78, 5) is 12.8. The van der Waals surface area contributed by atoms with Crippen LogP contribution in [0, 0.1) is 0 Å². The van der Waals surface area contributed by atoms with E-state index in [9.17, 15) is 4.79 Å². The molecular weight excluding hydrogens is 196 g/mol. The van der Waals surface area contributed by atoms with E-state index >= 15 is 0 Å². The number of aromatic nitrogens is 1. The predicted octanol–water partition coefficient (Wildman–Crippen LogP) is 1.07. The Bertz CT molecular complexity index is 361. The Morgan fingerprint density at radius 1 is 1.80 bits per heavy atom. The van der Waals surface area contributed by atoms with Crippen molar-refractivity contribution < 1.29 is 14.4 Å². The molecule has 2 rings (SSSR count). The first kappa shape index (κ1) is 10.2. The first-order chi connectivity index (χ1) is 7.18. The predicted molar refractivity (Wildman–Crippen MR) is 52.4 cm³/mol. The van der Waals surface area contributed by atoms with Gasteiger partial charge in [0.05, 0.1) is 18.7 Å². The Hall–Kier alpha value is -1.36. The van der Waals surface area contributed by atoms with Gasteiger partial charge in [0.25, 0.3) is 0 Å². The fraction of sp³-hybridized carbons (Fsp3) is 0.600. The van der Waals surface area contributed by atoms with Crippen LogP contribution in [0.15, 0.2) is 10.7 Å². The first-order valence-corrected chi connectivity index (χ1v) is 5.04. The molecule has 82 valence electrons. The van der Waals surface area contributed by atoms with Gasteiger partial charge >= 0.3 is 5.97 Å². The van der Waals surface area contributed by atoms with Gasteiger partial charge in [-0.1, -0.05) is 5.16 Å². The van der Waals surface area contributed by atoms with Crippen molar-refractivity contribution in [3.05, 3.63) is 17.5 Å². The van der Waals surface area contributed by atoms with E-state index in [1.807, 2.05) is 7.05 Å². The quantitative estimate of drug-likeness (QED) is 0.808. The fourth-order valence-electron chi connectivity index (χ4n) is 2.08. The highest BCUT2D eigenvalue weighted by atomic mass is 16.5. The second kappa shape index (κ2) is 4.02. The van der Waals surface area contributed by atoms with Crippen molar-refractivity contribution in [2.24, 2.45) is 0 Å². The minimum absolute atomic E-state index is 0.0107. The summed E-state index contributed by atoms with van der Waals surface area (Å²) in [5, 5.41) is 12.4. The molecule has 1 saturated heterocycles. The standard InChI is InChI=1S/C10H14N2O3/c1-12-4-2-3-8(12)10-7(5-9(13)14)6-11-15-10/h6,8H,2-5H2,1H3,(H,13,14). The van der Waals surface area contributed by atoms with E-state index in [0.29, 0.717) is 5.56 Å². The minimum atomic E-state index is -0.847. The van der Waals surface area contributed by atoms with Crippen molar-refractivity contribution in [3.63, 3.8) is 0 Å². The smallest absolute Gasteiger partial charge is 0.308 e. The number of likely N-dealkylation sites (tertiary alicyclic amines) is 1. The molecule has 1 aliphatic rings. The van der Waals surface area contributed by atoms with Gasteiger partial charge in [-0.15, -0.1) is 0 Å². The second-order valence-electron chi connectivity index (χ2n) is 3.92.